The highest BCUT2D eigenvalue weighted by molar-refractivity contribution is 6.01. The number of hydrogen-bond donors (Lipinski definition) is 2. The van der Waals surface area contributed by atoms with E-state index in [0.29, 0.717) is 5.69 Å². The van der Waals surface area contributed by atoms with Crippen LogP contribution in [0.2, 0.25) is 0 Å². The Hall–Kier alpha value is -4.34. The number of aromatic nitrogens is 3. The summed E-state index contributed by atoms with van der Waals surface area (Å²) in [6.07, 6.45) is 0.747. The van der Waals surface area contributed by atoms with Crippen molar-refractivity contribution in [1.82, 2.24) is 14.5 Å². The van der Waals surface area contributed by atoms with E-state index in [1.165, 1.54) is 7.11 Å². The van der Waals surface area contributed by atoms with Gasteiger partial charge < -0.3 is 15.4 Å². The molecule has 2 amide bonds. The summed E-state index contributed by atoms with van der Waals surface area (Å²) >= 11 is 0. The number of pyridine rings is 1. The average Bonchev–Trinajstić information content (AvgIpc) is 3.22. The van der Waals surface area contributed by atoms with Crippen LogP contribution in [0.5, 0.6) is 5.75 Å². The maximum atomic E-state index is 13.1. The molecule has 0 bridgehead atoms. The monoisotopic (exact) mass is 481 g/mol. The van der Waals surface area contributed by atoms with E-state index < -0.39 is 17.8 Å². The highest BCUT2D eigenvalue weighted by Crippen LogP contribution is 2.35. The number of aryl methyl sites for hydroxylation is 2. The minimum absolute atomic E-state index is 0.0926. The maximum Gasteiger partial charge on any atom is 0.416 e. The second-order valence-corrected chi connectivity index (χ2v) is 7.80. The van der Waals surface area contributed by atoms with Crippen molar-refractivity contribution < 1.29 is 22.7 Å². The minimum atomic E-state index is -4.55. The zero-order valence-electron chi connectivity index (χ0n) is 19.1. The van der Waals surface area contributed by atoms with Gasteiger partial charge in [0.2, 0.25) is 0 Å². The number of methoxy groups -OCH3 is 1. The molecule has 7 nitrogen and oxygen atoms in total. The lowest BCUT2D eigenvalue weighted by molar-refractivity contribution is -0.137. The summed E-state index contributed by atoms with van der Waals surface area (Å²) in [5.41, 5.74) is 2.84. The Balaban J connectivity index is 1.56. The van der Waals surface area contributed by atoms with Crippen molar-refractivity contribution in [3.63, 3.8) is 0 Å². The molecule has 0 radical (unpaired) electrons. The molecular formula is C25H22F3N5O2. The Morgan fingerprint density at radius 2 is 1.69 bits per heavy atom. The van der Waals surface area contributed by atoms with Crippen molar-refractivity contribution in [2.75, 3.05) is 17.7 Å². The van der Waals surface area contributed by atoms with E-state index in [1.54, 1.807) is 18.5 Å². The molecule has 2 aromatic heterocycles. The molecule has 0 saturated heterocycles. The van der Waals surface area contributed by atoms with Crippen LogP contribution in [0.25, 0.3) is 17.1 Å². The molecule has 0 aliphatic heterocycles. The SMILES string of the molecule is COc1ccc(C(F)(F)F)cc1NC(=O)Nc1ccc(-n2cc(C)nc2-c2ccncc2)cc1C. The fourth-order valence-corrected chi connectivity index (χ4v) is 3.60. The fourth-order valence-electron chi connectivity index (χ4n) is 3.60. The van der Waals surface area contributed by atoms with Crippen LogP contribution in [0.3, 0.4) is 0 Å². The molecule has 35 heavy (non-hydrogen) atoms. The first-order valence-electron chi connectivity index (χ1n) is 10.6. The van der Waals surface area contributed by atoms with Gasteiger partial charge in [-0.05, 0) is 67.9 Å². The summed E-state index contributed by atoms with van der Waals surface area (Å²) in [5, 5.41) is 5.11. The summed E-state index contributed by atoms with van der Waals surface area (Å²) < 4.78 is 46.3. The van der Waals surface area contributed by atoms with Gasteiger partial charge >= 0.3 is 12.2 Å². The quantitative estimate of drug-likeness (QED) is 0.355. The summed E-state index contributed by atoms with van der Waals surface area (Å²) in [7, 11) is 1.31. The summed E-state index contributed by atoms with van der Waals surface area (Å²) in [5.74, 6) is 0.860. The van der Waals surface area contributed by atoms with E-state index in [1.807, 2.05) is 48.9 Å². The largest absolute Gasteiger partial charge is 0.495 e. The van der Waals surface area contributed by atoms with Gasteiger partial charge in [0.15, 0.2) is 0 Å². The van der Waals surface area contributed by atoms with Crippen LogP contribution in [0.4, 0.5) is 29.3 Å². The van der Waals surface area contributed by atoms with Crippen LogP contribution in [0, 0.1) is 13.8 Å². The second-order valence-electron chi connectivity index (χ2n) is 7.80. The van der Waals surface area contributed by atoms with E-state index in [2.05, 4.69) is 20.6 Å². The first kappa shape index (κ1) is 23.8. The topological polar surface area (TPSA) is 81.1 Å². The van der Waals surface area contributed by atoms with Gasteiger partial charge in [-0.15, -0.1) is 0 Å². The molecule has 0 aliphatic rings. The Labute approximate surface area is 199 Å². The standard InChI is InChI=1S/C25H22F3N5O2/c1-15-12-19(33-14-16(2)30-23(33)17-8-10-29-11-9-17)5-6-20(15)31-24(34)32-21-13-18(25(26,27)28)4-7-22(21)35-3/h4-14H,1-3H3,(H2,31,32,34). The second kappa shape index (κ2) is 9.49. The number of nitrogens with one attached hydrogen (secondary N) is 2. The third-order valence-corrected chi connectivity index (χ3v) is 5.28. The van der Waals surface area contributed by atoms with E-state index in [0.717, 1.165) is 46.5 Å². The van der Waals surface area contributed by atoms with Gasteiger partial charge in [-0.2, -0.15) is 13.2 Å². The van der Waals surface area contributed by atoms with Gasteiger partial charge in [0.25, 0.3) is 0 Å². The molecule has 2 aromatic carbocycles. The van der Waals surface area contributed by atoms with Gasteiger partial charge in [-0.1, -0.05) is 0 Å². The summed E-state index contributed by atoms with van der Waals surface area (Å²) in [6.45, 7) is 3.72. The highest BCUT2D eigenvalue weighted by atomic mass is 19.4. The van der Waals surface area contributed by atoms with Gasteiger partial charge in [0.05, 0.1) is 24.1 Å². The Kier molecular flexibility index (Phi) is 6.46. The lowest BCUT2D eigenvalue weighted by atomic mass is 10.1. The van der Waals surface area contributed by atoms with Gasteiger partial charge in [-0.3, -0.25) is 9.55 Å². The number of rotatable bonds is 5. The molecule has 2 N–H and O–H groups in total. The van der Waals surface area contributed by atoms with Crippen molar-refractivity contribution in [2.24, 2.45) is 0 Å². The van der Waals surface area contributed by atoms with Gasteiger partial charge in [0.1, 0.15) is 11.6 Å². The number of benzene rings is 2. The van der Waals surface area contributed by atoms with Crippen molar-refractivity contribution in [3.05, 3.63) is 83.9 Å². The Bertz CT molecular complexity index is 1370. The van der Waals surface area contributed by atoms with E-state index in [9.17, 15) is 18.0 Å². The molecule has 4 rings (SSSR count). The number of amides is 2. The smallest absolute Gasteiger partial charge is 0.416 e. The molecule has 180 valence electrons. The zero-order valence-corrected chi connectivity index (χ0v) is 19.1. The molecule has 0 aliphatic carbocycles. The van der Waals surface area contributed by atoms with Gasteiger partial charge in [0, 0.05) is 35.5 Å². The predicted octanol–water partition coefficient (Wildman–Crippen LogP) is 6.22. The van der Waals surface area contributed by atoms with Crippen LogP contribution >= 0.6 is 0 Å². The predicted molar refractivity (Wildman–Crippen MR) is 127 cm³/mol. The lowest BCUT2D eigenvalue weighted by Gasteiger charge is -2.15. The van der Waals surface area contributed by atoms with E-state index in [-0.39, 0.29) is 11.4 Å². The first-order chi connectivity index (χ1) is 16.7. The molecule has 0 atom stereocenters. The number of hydrogen-bond acceptors (Lipinski definition) is 4. The number of halogens is 3. The van der Waals surface area contributed by atoms with Crippen LogP contribution in [0.15, 0.2) is 67.1 Å². The number of carbonyl (C=O) groups excluding carboxylic acids is 1. The average molecular weight is 481 g/mol. The van der Waals surface area contributed by atoms with Crippen LogP contribution in [0.1, 0.15) is 16.8 Å². The minimum Gasteiger partial charge on any atom is -0.495 e. The molecule has 0 spiro atoms. The zero-order chi connectivity index (χ0) is 25.2. The van der Waals surface area contributed by atoms with E-state index >= 15 is 0 Å². The Morgan fingerprint density at radius 1 is 0.971 bits per heavy atom. The van der Waals surface area contributed by atoms with Crippen molar-refractivity contribution in [1.29, 1.82) is 0 Å². The third kappa shape index (κ3) is 5.26. The highest BCUT2D eigenvalue weighted by Gasteiger charge is 2.31. The lowest BCUT2D eigenvalue weighted by Crippen LogP contribution is -2.21. The normalized spacial score (nSPS) is 11.3. The van der Waals surface area contributed by atoms with Gasteiger partial charge in [-0.25, -0.2) is 9.78 Å². The summed E-state index contributed by atoms with van der Waals surface area (Å²) in [6, 6.07) is 11.3. The molecular weight excluding hydrogens is 459 g/mol. The summed E-state index contributed by atoms with van der Waals surface area (Å²) in [4.78, 5) is 21.2. The molecule has 4 aromatic rings. The molecule has 0 unspecified atom stereocenters. The maximum absolute atomic E-state index is 13.1. The number of urea groups is 1. The number of ether oxygens (including phenoxy) is 1. The van der Waals surface area contributed by atoms with Crippen LogP contribution in [-0.4, -0.2) is 27.7 Å². The number of anilines is 2. The number of nitrogens with zero attached hydrogens (tertiary/aromatic N) is 3. The van der Waals surface area contributed by atoms with Crippen molar-refractivity contribution in [2.45, 2.75) is 20.0 Å². The fraction of sp³-hybridized carbons (Fsp3) is 0.160. The van der Waals surface area contributed by atoms with Crippen LogP contribution < -0.4 is 15.4 Å². The molecule has 0 saturated carbocycles. The molecule has 10 heteroatoms. The van der Waals surface area contributed by atoms with Crippen molar-refractivity contribution in [3.8, 4) is 22.8 Å². The van der Waals surface area contributed by atoms with Crippen molar-refractivity contribution >= 4 is 17.4 Å². The number of imidazole rings is 1. The molecule has 0 fully saturated rings. The number of carbonyl (C=O) groups is 1. The third-order valence-electron chi connectivity index (χ3n) is 5.28. The first-order valence-corrected chi connectivity index (χ1v) is 10.6. The Morgan fingerprint density at radius 3 is 2.34 bits per heavy atom. The van der Waals surface area contributed by atoms with E-state index in [4.69, 9.17) is 4.74 Å². The molecule has 2 heterocycles. The number of alkyl halides is 3. The van der Waals surface area contributed by atoms with Crippen LogP contribution in [-0.2, 0) is 6.18 Å².